The number of halogens is 2. The molecule has 1 atom stereocenters. The predicted molar refractivity (Wildman–Crippen MR) is 82.3 cm³/mol. The number of benzene rings is 1. The fourth-order valence-electron chi connectivity index (χ4n) is 2.46. The van der Waals surface area contributed by atoms with Crippen LogP contribution in [-0.2, 0) is 0 Å². The molecule has 1 heterocycles. The lowest BCUT2D eigenvalue weighted by Crippen LogP contribution is -2.45. The van der Waals surface area contributed by atoms with Crippen LogP contribution >= 0.6 is 23.8 Å². The van der Waals surface area contributed by atoms with Crippen LogP contribution in [0.3, 0.4) is 0 Å². The van der Waals surface area contributed by atoms with E-state index >= 15 is 0 Å². The van der Waals surface area contributed by atoms with Crippen molar-refractivity contribution in [1.82, 2.24) is 4.90 Å². The number of rotatable bonds is 2. The summed E-state index contributed by atoms with van der Waals surface area (Å²) in [5.41, 5.74) is 0.733. The number of nitrogens with one attached hydrogen (secondary N) is 1. The highest BCUT2D eigenvalue weighted by atomic mass is 35.5. The third kappa shape index (κ3) is 3.57. The lowest BCUT2D eigenvalue weighted by molar-refractivity contribution is 0.239. The van der Waals surface area contributed by atoms with E-state index in [1.807, 2.05) is 0 Å². The minimum atomic E-state index is -0.414. The molecule has 0 radical (unpaired) electrons. The lowest BCUT2D eigenvalue weighted by atomic mass is 10.0. The standard InChI is InChI=1S/C14H18ClFN2S/c1-2-11-5-3-4-8-18(11)14(19)17-10-6-7-13(16)12(15)9-10/h6-7,9,11H,2-5,8H2,1H3,(H,17,19)/t11-/m1/s1. The highest BCUT2D eigenvalue weighted by Crippen LogP contribution is 2.23. The molecule has 5 heteroatoms. The van der Waals surface area contributed by atoms with Gasteiger partial charge in [0.2, 0.25) is 0 Å². The first-order valence-corrected chi connectivity index (χ1v) is 7.43. The molecule has 1 aliphatic rings. The first-order chi connectivity index (χ1) is 9.11. The summed E-state index contributed by atoms with van der Waals surface area (Å²) < 4.78 is 13.1. The summed E-state index contributed by atoms with van der Waals surface area (Å²) in [6.07, 6.45) is 4.71. The number of nitrogens with zero attached hydrogens (tertiary/aromatic N) is 1. The van der Waals surface area contributed by atoms with Gasteiger partial charge in [0.1, 0.15) is 5.82 Å². The minimum absolute atomic E-state index is 0.110. The summed E-state index contributed by atoms with van der Waals surface area (Å²) >= 11 is 11.2. The fraction of sp³-hybridized carbons (Fsp3) is 0.500. The lowest BCUT2D eigenvalue weighted by Gasteiger charge is -2.37. The van der Waals surface area contributed by atoms with E-state index in [1.165, 1.54) is 25.3 Å². The normalized spacial score (nSPS) is 19.3. The molecule has 0 amide bonds. The van der Waals surface area contributed by atoms with Crippen molar-refractivity contribution in [3.63, 3.8) is 0 Å². The van der Waals surface area contributed by atoms with Gasteiger partial charge < -0.3 is 10.2 Å². The Kier molecular flexibility index (Phi) is 4.99. The Morgan fingerprint density at radius 3 is 3.00 bits per heavy atom. The molecule has 104 valence electrons. The Labute approximate surface area is 123 Å². The van der Waals surface area contributed by atoms with Crippen LogP contribution in [0, 0.1) is 5.82 Å². The maximum atomic E-state index is 13.1. The number of hydrogen-bond donors (Lipinski definition) is 1. The molecule has 1 N–H and O–H groups in total. The second-order valence-electron chi connectivity index (χ2n) is 4.81. The third-order valence-corrected chi connectivity index (χ3v) is 4.16. The maximum absolute atomic E-state index is 13.1. The highest BCUT2D eigenvalue weighted by molar-refractivity contribution is 7.80. The van der Waals surface area contributed by atoms with Crippen LogP contribution in [-0.4, -0.2) is 22.6 Å². The van der Waals surface area contributed by atoms with Gasteiger partial charge in [0.05, 0.1) is 5.02 Å². The number of thiocarbonyl (C=S) groups is 1. The molecule has 0 bridgehead atoms. The van der Waals surface area contributed by atoms with Crippen molar-refractivity contribution in [2.75, 3.05) is 11.9 Å². The first kappa shape index (κ1) is 14.5. The van der Waals surface area contributed by atoms with Gasteiger partial charge in [0.25, 0.3) is 0 Å². The SMILES string of the molecule is CC[C@@H]1CCCCN1C(=S)Nc1ccc(F)c(Cl)c1. The Balaban J connectivity index is 2.05. The van der Waals surface area contributed by atoms with Gasteiger partial charge in [-0.3, -0.25) is 0 Å². The van der Waals surface area contributed by atoms with Crippen LogP contribution in [0.25, 0.3) is 0 Å². The van der Waals surface area contributed by atoms with Gasteiger partial charge in [-0.1, -0.05) is 18.5 Å². The molecular formula is C14H18ClFN2S. The van der Waals surface area contributed by atoms with E-state index in [0.29, 0.717) is 11.2 Å². The molecule has 0 aromatic heterocycles. The van der Waals surface area contributed by atoms with E-state index in [4.69, 9.17) is 23.8 Å². The summed E-state index contributed by atoms with van der Waals surface area (Å²) in [5, 5.41) is 3.96. The number of hydrogen-bond acceptors (Lipinski definition) is 1. The number of likely N-dealkylation sites (tertiary alicyclic amines) is 1. The first-order valence-electron chi connectivity index (χ1n) is 6.64. The van der Waals surface area contributed by atoms with Crippen LogP contribution in [0.1, 0.15) is 32.6 Å². The van der Waals surface area contributed by atoms with E-state index in [1.54, 1.807) is 12.1 Å². The molecule has 1 aromatic carbocycles. The molecule has 0 unspecified atom stereocenters. The number of anilines is 1. The van der Waals surface area contributed by atoms with Gasteiger partial charge in [-0.05, 0) is 56.1 Å². The van der Waals surface area contributed by atoms with Crippen molar-refractivity contribution in [2.45, 2.75) is 38.6 Å². The molecule has 2 rings (SSSR count). The summed E-state index contributed by atoms with van der Waals surface area (Å²) in [6, 6.07) is 5.07. The highest BCUT2D eigenvalue weighted by Gasteiger charge is 2.22. The monoisotopic (exact) mass is 300 g/mol. The average Bonchev–Trinajstić information content (AvgIpc) is 2.43. The molecule has 0 aliphatic carbocycles. The Morgan fingerprint density at radius 1 is 1.53 bits per heavy atom. The Hall–Kier alpha value is -0.870. The van der Waals surface area contributed by atoms with Crippen LogP contribution in [0.15, 0.2) is 18.2 Å². The summed E-state index contributed by atoms with van der Waals surface area (Å²) in [7, 11) is 0. The van der Waals surface area contributed by atoms with Gasteiger partial charge in [-0.25, -0.2) is 4.39 Å². The zero-order valence-corrected chi connectivity index (χ0v) is 12.5. The van der Waals surface area contributed by atoms with E-state index in [2.05, 4.69) is 17.1 Å². The van der Waals surface area contributed by atoms with Crippen LogP contribution in [0.2, 0.25) is 5.02 Å². The summed E-state index contributed by atoms with van der Waals surface area (Å²) in [5.74, 6) is -0.414. The zero-order valence-electron chi connectivity index (χ0n) is 11.0. The minimum Gasteiger partial charge on any atom is -0.346 e. The third-order valence-electron chi connectivity index (χ3n) is 3.53. The summed E-state index contributed by atoms with van der Waals surface area (Å²) in [4.78, 5) is 2.23. The largest absolute Gasteiger partial charge is 0.346 e. The molecule has 0 saturated carbocycles. The Morgan fingerprint density at radius 2 is 2.32 bits per heavy atom. The van der Waals surface area contributed by atoms with E-state index in [9.17, 15) is 4.39 Å². The molecule has 19 heavy (non-hydrogen) atoms. The van der Waals surface area contributed by atoms with E-state index < -0.39 is 5.82 Å². The fourth-order valence-corrected chi connectivity index (χ4v) is 3.00. The maximum Gasteiger partial charge on any atom is 0.173 e. The average molecular weight is 301 g/mol. The second-order valence-corrected chi connectivity index (χ2v) is 5.60. The molecule has 2 nitrogen and oxygen atoms in total. The van der Waals surface area contributed by atoms with Crippen molar-refractivity contribution in [3.05, 3.63) is 29.0 Å². The Bertz CT molecular complexity index is 467. The quantitative estimate of drug-likeness (QED) is 0.813. The van der Waals surface area contributed by atoms with Gasteiger partial charge in [0.15, 0.2) is 5.11 Å². The van der Waals surface area contributed by atoms with Crippen molar-refractivity contribution in [2.24, 2.45) is 0 Å². The second kappa shape index (κ2) is 6.53. The van der Waals surface area contributed by atoms with E-state index in [-0.39, 0.29) is 5.02 Å². The van der Waals surface area contributed by atoms with Crippen LogP contribution in [0.5, 0.6) is 0 Å². The van der Waals surface area contributed by atoms with Gasteiger partial charge in [0, 0.05) is 18.3 Å². The van der Waals surface area contributed by atoms with Crippen molar-refractivity contribution in [3.8, 4) is 0 Å². The molecule has 1 aliphatic heterocycles. The number of piperidine rings is 1. The van der Waals surface area contributed by atoms with Gasteiger partial charge in [-0.2, -0.15) is 0 Å². The predicted octanol–water partition coefficient (Wildman–Crippen LogP) is 4.44. The summed E-state index contributed by atoms with van der Waals surface area (Å²) in [6.45, 7) is 3.17. The zero-order chi connectivity index (χ0) is 13.8. The molecule has 0 spiro atoms. The molecule has 1 saturated heterocycles. The van der Waals surface area contributed by atoms with Gasteiger partial charge >= 0.3 is 0 Å². The van der Waals surface area contributed by atoms with Crippen molar-refractivity contribution >= 4 is 34.6 Å². The van der Waals surface area contributed by atoms with Crippen LogP contribution in [0.4, 0.5) is 10.1 Å². The van der Waals surface area contributed by atoms with E-state index in [0.717, 1.165) is 18.7 Å². The topological polar surface area (TPSA) is 15.3 Å². The molecule has 1 aromatic rings. The van der Waals surface area contributed by atoms with Crippen LogP contribution < -0.4 is 5.32 Å². The smallest absolute Gasteiger partial charge is 0.173 e. The molecule has 1 fully saturated rings. The van der Waals surface area contributed by atoms with Crippen molar-refractivity contribution in [1.29, 1.82) is 0 Å². The molecular weight excluding hydrogens is 283 g/mol. The van der Waals surface area contributed by atoms with Crippen molar-refractivity contribution < 1.29 is 4.39 Å². The van der Waals surface area contributed by atoms with Gasteiger partial charge in [-0.15, -0.1) is 0 Å².